The molecule has 0 amide bonds. The largest absolute Gasteiger partial charge is 0.301 e. The van der Waals surface area contributed by atoms with Crippen LogP contribution in [-0.2, 0) is 10.0 Å². The highest BCUT2D eigenvalue weighted by Gasteiger charge is 2.17. The van der Waals surface area contributed by atoms with Crippen LogP contribution >= 0.6 is 11.6 Å². The van der Waals surface area contributed by atoms with Gasteiger partial charge in [-0.15, -0.1) is 11.6 Å². The second kappa shape index (κ2) is 6.35. The first kappa shape index (κ1) is 14.4. The van der Waals surface area contributed by atoms with Gasteiger partial charge >= 0.3 is 0 Å². The highest BCUT2D eigenvalue weighted by atomic mass is 35.5. The first-order chi connectivity index (χ1) is 7.96. The van der Waals surface area contributed by atoms with Crippen LogP contribution in [0.2, 0.25) is 0 Å². The van der Waals surface area contributed by atoms with Crippen molar-refractivity contribution in [2.24, 2.45) is 0 Å². The number of alkyl halides is 1. The Hall–Kier alpha value is -0.620. The molecule has 1 unspecified atom stereocenters. The SMILES string of the molecule is CN(C)C(CNS(=O)(=O)CCl)c1ccccc1. The van der Waals surface area contributed by atoms with E-state index in [1.165, 1.54) is 0 Å². The van der Waals surface area contributed by atoms with E-state index in [2.05, 4.69) is 4.72 Å². The van der Waals surface area contributed by atoms with E-state index >= 15 is 0 Å². The third-order valence-corrected chi connectivity index (χ3v) is 4.20. The van der Waals surface area contributed by atoms with E-state index in [4.69, 9.17) is 11.6 Å². The molecule has 1 aromatic carbocycles. The van der Waals surface area contributed by atoms with Crippen molar-refractivity contribution in [3.05, 3.63) is 35.9 Å². The number of rotatable bonds is 6. The first-order valence-corrected chi connectivity index (χ1v) is 7.39. The number of benzene rings is 1. The molecule has 0 spiro atoms. The van der Waals surface area contributed by atoms with Crippen molar-refractivity contribution < 1.29 is 8.42 Å². The van der Waals surface area contributed by atoms with Crippen molar-refractivity contribution in [2.75, 3.05) is 25.9 Å². The second-order valence-corrected chi connectivity index (χ2v) is 6.35. The molecule has 1 aromatic rings. The standard InChI is InChI=1S/C11H17ClN2O2S/c1-14(2)11(8-13-17(15,16)9-12)10-6-4-3-5-7-10/h3-7,11,13H,8-9H2,1-2H3. The summed E-state index contributed by atoms with van der Waals surface area (Å²) < 4.78 is 25.1. The zero-order valence-electron chi connectivity index (χ0n) is 9.93. The molecule has 17 heavy (non-hydrogen) atoms. The van der Waals surface area contributed by atoms with Gasteiger partial charge in [-0.05, 0) is 19.7 Å². The highest BCUT2D eigenvalue weighted by molar-refractivity contribution is 7.90. The van der Waals surface area contributed by atoms with Crippen molar-refractivity contribution in [1.82, 2.24) is 9.62 Å². The second-order valence-electron chi connectivity index (χ2n) is 3.96. The molecule has 0 aliphatic heterocycles. The van der Waals surface area contributed by atoms with Crippen molar-refractivity contribution in [2.45, 2.75) is 6.04 Å². The Morgan fingerprint density at radius 2 is 1.88 bits per heavy atom. The van der Waals surface area contributed by atoms with E-state index in [0.29, 0.717) is 6.54 Å². The van der Waals surface area contributed by atoms with Gasteiger partial charge in [0.2, 0.25) is 10.0 Å². The summed E-state index contributed by atoms with van der Waals surface area (Å²) in [5, 5.41) is -0.415. The Kier molecular flexibility index (Phi) is 5.39. The summed E-state index contributed by atoms with van der Waals surface area (Å²) in [5.74, 6) is 0. The van der Waals surface area contributed by atoms with Gasteiger partial charge in [0.15, 0.2) is 0 Å². The van der Waals surface area contributed by atoms with Gasteiger partial charge in [-0.3, -0.25) is 0 Å². The van der Waals surface area contributed by atoms with E-state index in [0.717, 1.165) is 5.56 Å². The maximum absolute atomic E-state index is 11.3. The topological polar surface area (TPSA) is 49.4 Å². The lowest BCUT2D eigenvalue weighted by Gasteiger charge is -2.24. The molecule has 1 atom stereocenters. The molecule has 4 nitrogen and oxygen atoms in total. The van der Waals surface area contributed by atoms with Gasteiger partial charge in [0.25, 0.3) is 0 Å². The lowest BCUT2D eigenvalue weighted by molar-refractivity contribution is 0.299. The van der Waals surface area contributed by atoms with Crippen LogP contribution in [0.1, 0.15) is 11.6 Å². The quantitative estimate of drug-likeness (QED) is 0.799. The van der Waals surface area contributed by atoms with E-state index in [1.54, 1.807) is 0 Å². The summed E-state index contributed by atoms with van der Waals surface area (Å²) in [6, 6.07) is 9.73. The van der Waals surface area contributed by atoms with Crippen LogP contribution in [0.4, 0.5) is 0 Å². The normalized spacial score (nSPS) is 13.9. The summed E-state index contributed by atoms with van der Waals surface area (Å²) >= 11 is 5.34. The number of hydrogen-bond donors (Lipinski definition) is 1. The van der Waals surface area contributed by atoms with Crippen LogP contribution in [0.5, 0.6) is 0 Å². The van der Waals surface area contributed by atoms with Crippen LogP contribution in [0, 0.1) is 0 Å². The minimum Gasteiger partial charge on any atom is -0.301 e. The summed E-state index contributed by atoms with van der Waals surface area (Å²) in [6.45, 7) is 0.312. The van der Waals surface area contributed by atoms with Crippen LogP contribution in [0.25, 0.3) is 0 Å². The summed E-state index contributed by atoms with van der Waals surface area (Å²) in [6.07, 6.45) is 0. The zero-order valence-corrected chi connectivity index (χ0v) is 11.5. The number of hydrogen-bond acceptors (Lipinski definition) is 3. The van der Waals surface area contributed by atoms with Crippen LogP contribution < -0.4 is 4.72 Å². The van der Waals surface area contributed by atoms with Gasteiger partial charge in [-0.25, -0.2) is 13.1 Å². The molecule has 0 aliphatic carbocycles. The fraction of sp³-hybridized carbons (Fsp3) is 0.455. The Balaban J connectivity index is 2.76. The maximum Gasteiger partial charge on any atom is 0.225 e. The molecular weight excluding hydrogens is 260 g/mol. The zero-order chi connectivity index (χ0) is 12.9. The summed E-state index contributed by atoms with van der Waals surface area (Å²) in [4.78, 5) is 1.96. The molecule has 0 saturated carbocycles. The molecule has 0 radical (unpaired) electrons. The van der Waals surface area contributed by atoms with Crippen molar-refractivity contribution in [3.63, 3.8) is 0 Å². The van der Waals surface area contributed by atoms with E-state index in [9.17, 15) is 8.42 Å². The average Bonchev–Trinajstić information content (AvgIpc) is 2.30. The average molecular weight is 277 g/mol. The number of likely N-dealkylation sites (N-methyl/N-ethyl adjacent to an activating group) is 1. The van der Waals surface area contributed by atoms with Gasteiger partial charge in [0.1, 0.15) is 5.21 Å². The molecule has 0 saturated heterocycles. The third-order valence-electron chi connectivity index (χ3n) is 2.45. The van der Waals surface area contributed by atoms with Gasteiger partial charge in [0, 0.05) is 12.6 Å². The number of sulfonamides is 1. The summed E-state index contributed by atoms with van der Waals surface area (Å²) in [7, 11) is 0.451. The molecule has 0 bridgehead atoms. The molecule has 0 heterocycles. The third kappa shape index (κ3) is 4.63. The van der Waals surface area contributed by atoms with Gasteiger partial charge in [-0.2, -0.15) is 0 Å². The summed E-state index contributed by atoms with van der Waals surface area (Å²) in [5.41, 5.74) is 1.06. The number of halogens is 1. The molecule has 96 valence electrons. The monoisotopic (exact) mass is 276 g/mol. The van der Waals surface area contributed by atoms with Gasteiger partial charge in [0.05, 0.1) is 0 Å². The van der Waals surface area contributed by atoms with Gasteiger partial charge < -0.3 is 4.90 Å². The minimum atomic E-state index is -3.37. The predicted octanol–water partition coefficient (Wildman–Crippen LogP) is 1.40. The van der Waals surface area contributed by atoms with Gasteiger partial charge in [-0.1, -0.05) is 30.3 Å². The predicted molar refractivity (Wildman–Crippen MR) is 70.5 cm³/mol. The van der Waals surface area contributed by atoms with E-state index < -0.39 is 15.2 Å². The molecule has 0 aromatic heterocycles. The van der Waals surface area contributed by atoms with Crippen molar-refractivity contribution >= 4 is 21.6 Å². The molecule has 1 rings (SSSR count). The Labute approximate surface area is 108 Å². The molecule has 0 fully saturated rings. The minimum absolute atomic E-state index is 0.00538. The maximum atomic E-state index is 11.3. The number of nitrogens with one attached hydrogen (secondary N) is 1. The Morgan fingerprint density at radius 1 is 1.29 bits per heavy atom. The Bertz CT molecular complexity index is 434. The lowest BCUT2D eigenvalue weighted by Crippen LogP contribution is -2.34. The molecular formula is C11H17ClN2O2S. The first-order valence-electron chi connectivity index (χ1n) is 5.21. The smallest absolute Gasteiger partial charge is 0.225 e. The fourth-order valence-corrected chi connectivity index (χ4v) is 2.24. The van der Waals surface area contributed by atoms with E-state index in [1.807, 2.05) is 49.3 Å². The van der Waals surface area contributed by atoms with Crippen LogP contribution in [0.15, 0.2) is 30.3 Å². The highest BCUT2D eigenvalue weighted by Crippen LogP contribution is 2.16. The van der Waals surface area contributed by atoms with E-state index in [-0.39, 0.29) is 6.04 Å². The lowest BCUT2D eigenvalue weighted by atomic mass is 10.1. The van der Waals surface area contributed by atoms with Crippen LogP contribution in [0.3, 0.4) is 0 Å². The molecule has 1 N–H and O–H groups in total. The molecule has 0 aliphatic rings. The Morgan fingerprint density at radius 3 is 2.35 bits per heavy atom. The number of nitrogens with zero attached hydrogens (tertiary/aromatic N) is 1. The van der Waals surface area contributed by atoms with Crippen LogP contribution in [-0.4, -0.2) is 39.2 Å². The molecule has 6 heteroatoms. The van der Waals surface area contributed by atoms with Crippen molar-refractivity contribution in [1.29, 1.82) is 0 Å². The fourth-order valence-electron chi connectivity index (χ4n) is 1.52. The van der Waals surface area contributed by atoms with Crippen molar-refractivity contribution in [3.8, 4) is 0 Å².